The topological polar surface area (TPSA) is 61.9 Å². The minimum absolute atomic E-state index is 0.0536. The Morgan fingerprint density at radius 3 is 2.85 bits per heavy atom. The van der Waals surface area contributed by atoms with Gasteiger partial charge in [0.1, 0.15) is 5.75 Å². The summed E-state index contributed by atoms with van der Waals surface area (Å²) in [4.78, 5) is 29.1. The van der Waals surface area contributed by atoms with Gasteiger partial charge < -0.3 is 19.9 Å². The highest BCUT2D eigenvalue weighted by atomic mass is 32.1. The number of hydrogen-bond acceptors (Lipinski definition) is 5. The standard InChI is InChI=1S/C20H25N3O3S/c1-22(2)17(18-8-5-11-27-18)13-21-19(24)14-26-16-7-3-6-15(12-16)23-10-4-9-20(23)25/h3,5-8,11-12,17H,4,9-10,13-14H2,1-2H3,(H,21,24). The highest BCUT2D eigenvalue weighted by Crippen LogP contribution is 2.25. The number of anilines is 1. The van der Waals surface area contributed by atoms with Crippen molar-refractivity contribution in [2.75, 3.05) is 38.7 Å². The van der Waals surface area contributed by atoms with Crippen LogP contribution >= 0.6 is 11.3 Å². The van der Waals surface area contributed by atoms with Crippen LogP contribution in [0.15, 0.2) is 41.8 Å². The van der Waals surface area contributed by atoms with Gasteiger partial charge in [0.05, 0.1) is 6.04 Å². The molecule has 1 fully saturated rings. The molecule has 6 nitrogen and oxygen atoms in total. The van der Waals surface area contributed by atoms with Crippen molar-refractivity contribution in [2.24, 2.45) is 0 Å². The predicted octanol–water partition coefficient (Wildman–Crippen LogP) is 2.67. The Labute approximate surface area is 163 Å². The Bertz CT molecular complexity index is 777. The van der Waals surface area contributed by atoms with E-state index in [1.165, 1.54) is 4.88 Å². The van der Waals surface area contributed by atoms with E-state index in [1.54, 1.807) is 22.3 Å². The van der Waals surface area contributed by atoms with Gasteiger partial charge in [-0.05, 0) is 44.1 Å². The van der Waals surface area contributed by atoms with E-state index in [2.05, 4.69) is 16.3 Å². The van der Waals surface area contributed by atoms with Crippen LogP contribution in [0.1, 0.15) is 23.8 Å². The third kappa shape index (κ3) is 5.08. The van der Waals surface area contributed by atoms with Crippen molar-refractivity contribution in [1.29, 1.82) is 0 Å². The molecule has 0 spiro atoms. The number of thiophene rings is 1. The summed E-state index contributed by atoms with van der Waals surface area (Å²) in [5.74, 6) is 0.555. The Hall–Kier alpha value is -2.38. The smallest absolute Gasteiger partial charge is 0.258 e. The number of hydrogen-bond donors (Lipinski definition) is 1. The van der Waals surface area contributed by atoms with E-state index in [0.717, 1.165) is 18.7 Å². The minimum atomic E-state index is -0.166. The van der Waals surface area contributed by atoms with E-state index in [4.69, 9.17) is 4.74 Å². The summed E-state index contributed by atoms with van der Waals surface area (Å²) >= 11 is 1.68. The highest BCUT2D eigenvalue weighted by molar-refractivity contribution is 7.10. The lowest BCUT2D eigenvalue weighted by Crippen LogP contribution is -2.36. The highest BCUT2D eigenvalue weighted by Gasteiger charge is 2.22. The molecule has 0 radical (unpaired) electrons. The van der Waals surface area contributed by atoms with Gasteiger partial charge in [0, 0.05) is 36.1 Å². The average molecular weight is 388 g/mol. The molecule has 2 heterocycles. The first-order chi connectivity index (χ1) is 13.0. The molecule has 0 aliphatic carbocycles. The Morgan fingerprint density at radius 2 is 2.19 bits per heavy atom. The molecule has 1 atom stereocenters. The van der Waals surface area contributed by atoms with Crippen LogP contribution in [-0.2, 0) is 9.59 Å². The number of likely N-dealkylation sites (N-methyl/N-ethyl adjacent to an activating group) is 1. The molecule has 2 amide bonds. The summed E-state index contributed by atoms with van der Waals surface area (Å²) in [5, 5.41) is 4.97. The molecule has 2 aromatic rings. The van der Waals surface area contributed by atoms with Crippen molar-refractivity contribution in [2.45, 2.75) is 18.9 Å². The SMILES string of the molecule is CN(C)C(CNC(=O)COc1cccc(N2CCCC2=O)c1)c1cccs1. The third-order valence-electron chi connectivity index (χ3n) is 4.56. The Kier molecular flexibility index (Phi) is 6.47. The quantitative estimate of drug-likeness (QED) is 0.757. The number of nitrogens with one attached hydrogen (secondary N) is 1. The fourth-order valence-electron chi connectivity index (χ4n) is 3.09. The first-order valence-electron chi connectivity index (χ1n) is 9.04. The zero-order chi connectivity index (χ0) is 19.2. The molecule has 0 saturated carbocycles. The second-order valence-electron chi connectivity index (χ2n) is 6.73. The first kappa shape index (κ1) is 19.4. The molecule has 1 aliphatic heterocycles. The van der Waals surface area contributed by atoms with Crippen molar-refractivity contribution >= 4 is 28.8 Å². The number of carbonyl (C=O) groups is 2. The molecule has 7 heteroatoms. The van der Waals surface area contributed by atoms with E-state index in [-0.39, 0.29) is 24.5 Å². The van der Waals surface area contributed by atoms with Crippen LogP contribution in [-0.4, -0.2) is 50.5 Å². The van der Waals surface area contributed by atoms with E-state index in [1.807, 2.05) is 43.7 Å². The molecule has 1 unspecified atom stereocenters. The number of nitrogens with zero attached hydrogens (tertiary/aromatic N) is 2. The lowest BCUT2D eigenvalue weighted by molar-refractivity contribution is -0.123. The van der Waals surface area contributed by atoms with Gasteiger partial charge in [0.15, 0.2) is 6.61 Å². The number of amides is 2. The van der Waals surface area contributed by atoms with Crippen LogP contribution in [0.2, 0.25) is 0 Å². The van der Waals surface area contributed by atoms with Gasteiger partial charge in [0.2, 0.25) is 5.91 Å². The Morgan fingerprint density at radius 1 is 1.33 bits per heavy atom. The van der Waals surface area contributed by atoms with Crippen LogP contribution in [0.4, 0.5) is 5.69 Å². The molecule has 1 aromatic heterocycles. The summed E-state index contributed by atoms with van der Waals surface area (Å²) < 4.78 is 5.63. The molecular formula is C20H25N3O3S. The molecule has 27 heavy (non-hydrogen) atoms. The zero-order valence-electron chi connectivity index (χ0n) is 15.7. The molecule has 0 bridgehead atoms. The van der Waals surface area contributed by atoms with E-state index in [0.29, 0.717) is 18.7 Å². The van der Waals surface area contributed by atoms with E-state index >= 15 is 0 Å². The summed E-state index contributed by atoms with van der Waals surface area (Å²) in [5.41, 5.74) is 0.820. The molecule has 3 rings (SSSR count). The Balaban J connectivity index is 1.51. The van der Waals surface area contributed by atoms with Gasteiger partial charge in [-0.3, -0.25) is 9.59 Å². The van der Waals surface area contributed by atoms with Gasteiger partial charge in [0.25, 0.3) is 5.91 Å². The molecule has 144 valence electrons. The fraction of sp³-hybridized carbons (Fsp3) is 0.400. The third-order valence-corrected chi connectivity index (χ3v) is 5.53. The molecule has 1 aliphatic rings. The van der Waals surface area contributed by atoms with Gasteiger partial charge in [-0.15, -0.1) is 11.3 Å². The van der Waals surface area contributed by atoms with Gasteiger partial charge in [-0.2, -0.15) is 0 Å². The monoisotopic (exact) mass is 387 g/mol. The molecule has 1 N–H and O–H groups in total. The molecule has 1 saturated heterocycles. The number of ether oxygens (including phenoxy) is 1. The van der Waals surface area contributed by atoms with Gasteiger partial charge in [-0.25, -0.2) is 0 Å². The van der Waals surface area contributed by atoms with Crippen molar-refractivity contribution in [3.05, 3.63) is 46.7 Å². The number of rotatable bonds is 8. The van der Waals surface area contributed by atoms with E-state index in [9.17, 15) is 9.59 Å². The summed E-state index contributed by atoms with van der Waals surface area (Å²) in [6, 6.07) is 11.6. The first-order valence-corrected chi connectivity index (χ1v) is 9.92. The normalized spacial score (nSPS) is 15.2. The lowest BCUT2D eigenvalue weighted by Gasteiger charge is -2.23. The minimum Gasteiger partial charge on any atom is -0.484 e. The zero-order valence-corrected chi connectivity index (χ0v) is 16.5. The number of carbonyl (C=O) groups excluding carboxylic acids is 2. The van der Waals surface area contributed by atoms with Crippen molar-refractivity contribution in [3.8, 4) is 5.75 Å². The maximum Gasteiger partial charge on any atom is 0.258 e. The molecular weight excluding hydrogens is 362 g/mol. The van der Waals surface area contributed by atoms with Crippen LogP contribution in [0.5, 0.6) is 5.75 Å². The summed E-state index contributed by atoms with van der Waals surface area (Å²) in [6.45, 7) is 1.21. The van der Waals surface area contributed by atoms with Crippen LogP contribution < -0.4 is 15.0 Å². The summed E-state index contributed by atoms with van der Waals surface area (Å²) in [6.07, 6.45) is 1.47. The van der Waals surface area contributed by atoms with Crippen molar-refractivity contribution in [1.82, 2.24) is 10.2 Å². The predicted molar refractivity (Wildman–Crippen MR) is 107 cm³/mol. The second-order valence-corrected chi connectivity index (χ2v) is 7.71. The maximum absolute atomic E-state index is 12.2. The van der Waals surface area contributed by atoms with Crippen molar-refractivity contribution < 1.29 is 14.3 Å². The largest absolute Gasteiger partial charge is 0.484 e. The van der Waals surface area contributed by atoms with Gasteiger partial charge in [-0.1, -0.05) is 12.1 Å². The van der Waals surface area contributed by atoms with Crippen LogP contribution in [0.3, 0.4) is 0 Å². The number of benzene rings is 1. The second kappa shape index (κ2) is 9.01. The van der Waals surface area contributed by atoms with Gasteiger partial charge >= 0.3 is 0 Å². The lowest BCUT2D eigenvalue weighted by atomic mass is 10.2. The van der Waals surface area contributed by atoms with Crippen molar-refractivity contribution in [3.63, 3.8) is 0 Å². The maximum atomic E-state index is 12.2. The average Bonchev–Trinajstić information content (AvgIpc) is 3.32. The summed E-state index contributed by atoms with van der Waals surface area (Å²) in [7, 11) is 4.00. The van der Waals surface area contributed by atoms with E-state index < -0.39 is 0 Å². The van der Waals surface area contributed by atoms with Crippen LogP contribution in [0, 0.1) is 0 Å². The molecule has 1 aromatic carbocycles. The fourth-order valence-corrected chi connectivity index (χ4v) is 4.01. The van der Waals surface area contributed by atoms with Crippen LogP contribution in [0.25, 0.3) is 0 Å².